The van der Waals surface area contributed by atoms with Crippen molar-refractivity contribution in [2.75, 3.05) is 0 Å². The monoisotopic (exact) mass is 310 g/mol. The second kappa shape index (κ2) is 5.39. The Bertz CT molecular complexity index is 967. The molecule has 0 unspecified atom stereocenters. The van der Waals surface area contributed by atoms with Crippen LogP contribution in [-0.2, 0) is 0 Å². The van der Waals surface area contributed by atoms with Crippen LogP contribution in [0.4, 0.5) is 0 Å². The number of hydrogen-bond donors (Lipinski definition) is 1. The first kappa shape index (κ1) is 15.0. The van der Waals surface area contributed by atoms with Crippen LogP contribution in [0.3, 0.4) is 0 Å². The SMILES string of the molecule is CC(C)c1c(-c2ccnn2C(C)C)[nH]c2c(C#N)cnn2c1=O. The summed E-state index contributed by atoms with van der Waals surface area (Å²) < 4.78 is 3.11. The van der Waals surface area contributed by atoms with Gasteiger partial charge in [-0.15, -0.1) is 0 Å². The summed E-state index contributed by atoms with van der Waals surface area (Å²) in [5.41, 5.74) is 2.70. The van der Waals surface area contributed by atoms with E-state index in [1.165, 1.54) is 10.7 Å². The van der Waals surface area contributed by atoms with E-state index in [0.29, 0.717) is 22.5 Å². The highest BCUT2D eigenvalue weighted by Crippen LogP contribution is 2.27. The van der Waals surface area contributed by atoms with Crippen LogP contribution in [-0.4, -0.2) is 24.4 Å². The average molecular weight is 310 g/mol. The lowest BCUT2D eigenvalue weighted by atomic mass is 10.0. The Kier molecular flexibility index (Phi) is 3.52. The summed E-state index contributed by atoms with van der Waals surface area (Å²) in [5, 5.41) is 17.6. The van der Waals surface area contributed by atoms with Crippen molar-refractivity contribution in [1.29, 1.82) is 5.26 Å². The standard InChI is InChI=1S/C16H18N6O/c1-9(2)13-14(12-5-6-18-21(12)10(3)4)20-15-11(7-17)8-19-22(15)16(13)23/h5-6,8-10,20H,1-4H3. The van der Waals surface area contributed by atoms with E-state index in [4.69, 9.17) is 0 Å². The lowest BCUT2D eigenvalue weighted by Crippen LogP contribution is -2.23. The highest BCUT2D eigenvalue weighted by molar-refractivity contribution is 5.65. The van der Waals surface area contributed by atoms with Gasteiger partial charge in [-0.25, -0.2) is 0 Å². The number of aromatic nitrogens is 5. The second-order valence-electron chi connectivity index (χ2n) is 6.06. The summed E-state index contributed by atoms with van der Waals surface area (Å²) >= 11 is 0. The Morgan fingerprint density at radius 1 is 1.26 bits per heavy atom. The lowest BCUT2D eigenvalue weighted by molar-refractivity contribution is 0.537. The molecule has 0 bridgehead atoms. The van der Waals surface area contributed by atoms with Gasteiger partial charge >= 0.3 is 0 Å². The van der Waals surface area contributed by atoms with E-state index >= 15 is 0 Å². The molecular weight excluding hydrogens is 292 g/mol. The maximum Gasteiger partial charge on any atom is 0.278 e. The molecule has 0 aromatic carbocycles. The van der Waals surface area contributed by atoms with Crippen molar-refractivity contribution in [2.24, 2.45) is 0 Å². The highest BCUT2D eigenvalue weighted by atomic mass is 16.1. The number of fused-ring (bicyclic) bond motifs is 1. The Hall–Kier alpha value is -2.88. The van der Waals surface area contributed by atoms with Crippen LogP contribution in [0, 0.1) is 11.3 Å². The molecular formula is C16H18N6O. The van der Waals surface area contributed by atoms with Crippen LogP contribution in [0.15, 0.2) is 23.3 Å². The predicted octanol–water partition coefficient (Wildman–Crippen LogP) is 2.46. The molecule has 7 heteroatoms. The first-order chi connectivity index (χ1) is 11.0. The minimum absolute atomic E-state index is 0.00315. The zero-order valence-electron chi connectivity index (χ0n) is 13.5. The number of rotatable bonds is 3. The molecule has 0 amide bonds. The maximum absolute atomic E-state index is 12.8. The molecule has 3 aromatic rings. The van der Waals surface area contributed by atoms with Gasteiger partial charge in [-0.1, -0.05) is 13.8 Å². The molecule has 0 saturated carbocycles. The third-order valence-corrected chi connectivity index (χ3v) is 3.82. The number of hydrogen-bond acceptors (Lipinski definition) is 4. The van der Waals surface area contributed by atoms with Crippen molar-refractivity contribution in [3.05, 3.63) is 39.9 Å². The number of aromatic amines is 1. The molecule has 118 valence electrons. The van der Waals surface area contributed by atoms with Crippen molar-refractivity contribution < 1.29 is 0 Å². The van der Waals surface area contributed by atoms with Gasteiger partial charge in [0.15, 0.2) is 5.65 Å². The molecule has 23 heavy (non-hydrogen) atoms. The summed E-state index contributed by atoms with van der Waals surface area (Å²) in [6.07, 6.45) is 3.12. The quantitative estimate of drug-likeness (QED) is 0.804. The molecule has 0 fully saturated rings. The second-order valence-corrected chi connectivity index (χ2v) is 6.06. The van der Waals surface area contributed by atoms with Crippen molar-refractivity contribution in [3.8, 4) is 17.5 Å². The molecule has 0 aliphatic rings. The minimum Gasteiger partial charge on any atom is -0.337 e. The smallest absolute Gasteiger partial charge is 0.278 e. The fourth-order valence-electron chi connectivity index (χ4n) is 2.77. The zero-order valence-corrected chi connectivity index (χ0v) is 13.5. The summed E-state index contributed by atoms with van der Waals surface area (Å²) in [6, 6.07) is 4.08. The molecule has 0 radical (unpaired) electrons. The zero-order chi connectivity index (χ0) is 16.7. The van der Waals surface area contributed by atoms with Crippen molar-refractivity contribution in [1.82, 2.24) is 24.4 Å². The first-order valence-corrected chi connectivity index (χ1v) is 7.53. The van der Waals surface area contributed by atoms with Gasteiger partial charge in [0.25, 0.3) is 5.56 Å². The molecule has 3 rings (SSSR count). The van der Waals surface area contributed by atoms with Crippen molar-refractivity contribution >= 4 is 5.65 Å². The molecule has 7 nitrogen and oxygen atoms in total. The Morgan fingerprint density at radius 2 is 2.00 bits per heavy atom. The van der Waals surface area contributed by atoms with Crippen molar-refractivity contribution in [3.63, 3.8) is 0 Å². The number of nitriles is 1. The molecule has 1 N–H and O–H groups in total. The van der Waals surface area contributed by atoms with Gasteiger partial charge in [-0.2, -0.15) is 20.0 Å². The van der Waals surface area contributed by atoms with E-state index < -0.39 is 0 Å². The van der Waals surface area contributed by atoms with Crippen LogP contribution in [0.1, 0.15) is 50.8 Å². The van der Waals surface area contributed by atoms with Gasteiger partial charge < -0.3 is 4.98 Å². The first-order valence-electron chi connectivity index (χ1n) is 7.53. The molecule has 3 heterocycles. The van der Waals surface area contributed by atoms with Crippen molar-refractivity contribution in [2.45, 2.75) is 39.7 Å². The van der Waals surface area contributed by atoms with E-state index in [2.05, 4.69) is 21.3 Å². The van der Waals surface area contributed by atoms with Gasteiger partial charge in [0.1, 0.15) is 11.6 Å². The van der Waals surface area contributed by atoms with E-state index in [9.17, 15) is 10.1 Å². The fourth-order valence-corrected chi connectivity index (χ4v) is 2.77. The molecule has 0 spiro atoms. The normalized spacial score (nSPS) is 11.5. The molecule has 0 aliphatic carbocycles. The van der Waals surface area contributed by atoms with Crippen LogP contribution in [0.25, 0.3) is 17.0 Å². The molecule has 0 saturated heterocycles. The number of nitrogens with one attached hydrogen (secondary N) is 1. The minimum atomic E-state index is -0.207. The van der Waals surface area contributed by atoms with Gasteiger partial charge in [0, 0.05) is 17.8 Å². The van der Waals surface area contributed by atoms with Crippen LogP contribution in [0.5, 0.6) is 0 Å². The predicted molar refractivity (Wildman–Crippen MR) is 86.2 cm³/mol. The van der Waals surface area contributed by atoms with Gasteiger partial charge in [-0.05, 0) is 25.8 Å². The number of nitrogens with zero attached hydrogens (tertiary/aromatic N) is 5. The topological polar surface area (TPSA) is 91.8 Å². The van der Waals surface area contributed by atoms with Gasteiger partial charge in [-0.3, -0.25) is 9.48 Å². The van der Waals surface area contributed by atoms with Crippen LogP contribution >= 0.6 is 0 Å². The largest absolute Gasteiger partial charge is 0.337 e. The van der Waals surface area contributed by atoms with Crippen LogP contribution < -0.4 is 5.56 Å². The Morgan fingerprint density at radius 3 is 2.61 bits per heavy atom. The summed E-state index contributed by atoms with van der Waals surface area (Å²) in [4.78, 5) is 16.1. The third kappa shape index (κ3) is 2.23. The van der Waals surface area contributed by atoms with Crippen LogP contribution in [0.2, 0.25) is 0 Å². The summed E-state index contributed by atoms with van der Waals surface area (Å²) in [7, 11) is 0. The Balaban J connectivity index is 2.43. The maximum atomic E-state index is 12.8. The molecule has 3 aromatic heterocycles. The van der Waals surface area contributed by atoms with E-state index in [1.54, 1.807) is 6.20 Å². The average Bonchev–Trinajstić information content (AvgIpc) is 3.12. The summed E-state index contributed by atoms with van der Waals surface area (Å²) in [5.74, 6) is 0.00315. The van der Waals surface area contributed by atoms with Gasteiger partial charge in [0.2, 0.25) is 0 Å². The summed E-state index contributed by atoms with van der Waals surface area (Å²) in [6.45, 7) is 7.98. The van der Waals surface area contributed by atoms with E-state index in [0.717, 1.165) is 5.69 Å². The van der Waals surface area contributed by atoms with Gasteiger partial charge in [0.05, 0.1) is 17.6 Å². The van der Waals surface area contributed by atoms with E-state index in [1.807, 2.05) is 38.4 Å². The highest BCUT2D eigenvalue weighted by Gasteiger charge is 2.21. The third-order valence-electron chi connectivity index (χ3n) is 3.82. The molecule has 0 atom stereocenters. The molecule has 0 aliphatic heterocycles. The lowest BCUT2D eigenvalue weighted by Gasteiger charge is -2.16. The number of H-pyrrole nitrogens is 1. The Labute approximate surface area is 133 Å². The van der Waals surface area contributed by atoms with E-state index in [-0.39, 0.29) is 17.5 Å². The fraction of sp³-hybridized carbons (Fsp3) is 0.375.